The third kappa shape index (κ3) is 5.82. The van der Waals surface area contributed by atoms with Crippen molar-refractivity contribution in [2.24, 2.45) is 5.92 Å². The number of amides is 1. The van der Waals surface area contributed by atoms with Crippen LogP contribution < -0.4 is 5.32 Å². The van der Waals surface area contributed by atoms with Gasteiger partial charge in [-0.15, -0.1) is 0 Å². The van der Waals surface area contributed by atoms with E-state index >= 15 is 0 Å². The van der Waals surface area contributed by atoms with Crippen molar-refractivity contribution in [2.75, 3.05) is 0 Å². The van der Waals surface area contributed by atoms with Crippen LogP contribution >= 0.6 is 0 Å². The topological polar surface area (TPSA) is 84.9 Å². The predicted octanol–water partition coefficient (Wildman–Crippen LogP) is 3.43. The molecule has 0 saturated carbocycles. The van der Waals surface area contributed by atoms with Gasteiger partial charge in [-0.05, 0) is 24.0 Å². The van der Waals surface area contributed by atoms with Crippen molar-refractivity contribution in [1.82, 2.24) is 5.32 Å². The van der Waals surface area contributed by atoms with E-state index in [9.17, 15) is 14.7 Å². The van der Waals surface area contributed by atoms with E-state index in [1.807, 2.05) is 60.7 Å². The van der Waals surface area contributed by atoms with Crippen LogP contribution in [0.4, 0.5) is 4.79 Å². The van der Waals surface area contributed by atoms with Crippen molar-refractivity contribution < 1.29 is 24.2 Å². The Labute approximate surface area is 165 Å². The van der Waals surface area contributed by atoms with Crippen molar-refractivity contribution in [3.8, 4) is 0 Å². The van der Waals surface area contributed by atoms with Crippen LogP contribution in [0.15, 0.2) is 60.7 Å². The van der Waals surface area contributed by atoms with Gasteiger partial charge in [0.1, 0.15) is 13.2 Å². The molecule has 0 heterocycles. The minimum Gasteiger partial charge on any atom is -0.459 e. The molecule has 2 N–H and O–H groups in total. The van der Waals surface area contributed by atoms with E-state index in [0.29, 0.717) is 0 Å². The zero-order valence-corrected chi connectivity index (χ0v) is 16.4. The first kappa shape index (κ1) is 21.4. The number of aliphatic hydroxyl groups excluding tert-OH is 1. The lowest BCUT2D eigenvalue weighted by molar-refractivity contribution is -0.158. The minimum atomic E-state index is -1.64. The van der Waals surface area contributed by atoms with Crippen LogP contribution in [-0.2, 0) is 27.5 Å². The quantitative estimate of drug-likeness (QED) is 0.680. The monoisotopic (exact) mass is 385 g/mol. The SMILES string of the molecule is CC(C)[C@H](O)[C@@](C)(NC(=O)OCc1ccccc1)C(=O)OCc1ccccc1. The van der Waals surface area contributed by atoms with Gasteiger partial charge in [0.25, 0.3) is 0 Å². The molecule has 0 fully saturated rings. The lowest BCUT2D eigenvalue weighted by Crippen LogP contribution is -2.62. The van der Waals surface area contributed by atoms with Crippen LogP contribution in [0.25, 0.3) is 0 Å². The fourth-order valence-corrected chi connectivity index (χ4v) is 2.76. The second kappa shape index (κ2) is 9.90. The number of esters is 1. The summed E-state index contributed by atoms with van der Waals surface area (Å²) in [6, 6.07) is 18.4. The normalized spacial score (nSPS) is 14.0. The van der Waals surface area contributed by atoms with Gasteiger partial charge in [0.15, 0.2) is 5.54 Å². The Hall–Kier alpha value is -2.86. The first-order valence-electron chi connectivity index (χ1n) is 9.21. The summed E-state index contributed by atoms with van der Waals surface area (Å²) in [5, 5.41) is 13.1. The Bertz CT molecular complexity index is 763. The second-order valence-corrected chi connectivity index (χ2v) is 7.14. The van der Waals surface area contributed by atoms with Crippen LogP contribution in [0.1, 0.15) is 31.9 Å². The largest absolute Gasteiger partial charge is 0.459 e. The molecular formula is C22H27NO5. The molecule has 0 aliphatic heterocycles. The second-order valence-electron chi connectivity index (χ2n) is 7.14. The Morgan fingerprint density at radius 2 is 1.39 bits per heavy atom. The summed E-state index contributed by atoms with van der Waals surface area (Å²) >= 11 is 0. The Morgan fingerprint density at radius 1 is 0.929 bits per heavy atom. The molecule has 150 valence electrons. The fraction of sp³-hybridized carbons (Fsp3) is 0.364. The molecule has 6 nitrogen and oxygen atoms in total. The zero-order valence-electron chi connectivity index (χ0n) is 16.4. The van der Waals surface area contributed by atoms with Gasteiger partial charge in [-0.2, -0.15) is 0 Å². The Kier molecular flexibility index (Phi) is 7.58. The van der Waals surface area contributed by atoms with Gasteiger partial charge in [0.2, 0.25) is 0 Å². The van der Waals surface area contributed by atoms with E-state index in [0.717, 1.165) is 11.1 Å². The molecule has 2 rings (SSSR count). The molecule has 1 amide bonds. The van der Waals surface area contributed by atoms with E-state index in [1.54, 1.807) is 13.8 Å². The highest BCUT2D eigenvalue weighted by Gasteiger charge is 2.45. The standard InChI is InChI=1S/C22H27NO5/c1-16(2)19(24)22(3,20(25)27-14-17-10-6-4-7-11-17)23-21(26)28-15-18-12-8-5-9-13-18/h4-13,16,19,24H,14-15H2,1-3H3,(H,23,26)/t19-,22+/m0/s1. The molecule has 28 heavy (non-hydrogen) atoms. The molecule has 0 aliphatic rings. The average molecular weight is 385 g/mol. The first-order chi connectivity index (χ1) is 13.3. The third-order valence-electron chi connectivity index (χ3n) is 4.43. The maximum Gasteiger partial charge on any atom is 0.408 e. The lowest BCUT2D eigenvalue weighted by Gasteiger charge is -2.34. The molecular weight excluding hydrogens is 358 g/mol. The number of carbonyl (C=O) groups is 2. The average Bonchev–Trinajstić information content (AvgIpc) is 2.71. The highest BCUT2D eigenvalue weighted by Crippen LogP contribution is 2.21. The number of hydrogen-bond donors (Lipinski definition) is 2. The molecule has 2 aromatic carbocycles. The summed E-state index contributed by atoms with van der Waals surface area (Å²) in [6.45, 7) is 5.05. The van der Waals surface area contributed by atoms with Gasteiger partial charge < -0.3 is 19.9 Å². The van der Waals surface area contributed by atoms with Crippen molar-refractivity contribution in [3.05, 3.63) is 71.8 Å². The number of hydrogen-bond acceptors (Lipinski definition) is 5. The molecule has 0 unspecified atom stereocenters. The molecule has 0 aliphatic carbocycles. The fourth-order valence-electron chi connectivity index (χ4n) is 2.76. The van der Waals surface area contributed by atoms with E-state index in [-0.39, 0.29) is 19.1 Å². The van der Waals surface area contributed by atoms with Crippen LogP contribution in [0.5, 0.6) is 0 Å². The van der Waals surface area contributed by atoms with Crippen LogP contribution in [-0.4, -0.2) is 28.8 Å². The van der Waals surface area contributed by atoms with Crippen molar-refractivity contribution >= 4 is 12.1 Å². The van der Waals surface area contributed by atoms with Gasteiger partial charge in [-0.3, -0.25) is 0 Å². The number of aliphatic hydroxyl groups is 1. The minimum absolute atomic E-state index is 0.0425. The number of ether oxygens (including phenoxy) is 2. The molecule has 0 spiro atoms. The summed E-state index contributed by atoms with van der Waals surface area (Å²) < 4.78 is 10.6. The summed E-state index contributed by atoms with van der Waals surface area (Å²) in [5.74, 6) is -1.02. The summed E-state index contributed by atoms with van der Waals surface area (Å²) in [5.41, 5.74) is -0.0178. The van der Waals surface area contributed by atoms with Gasteiger partial charge in [0.05, 0.1) is 6.10 Å². The zero-order chi connectivity index (χ0) is 20.6. The van der Waals surface area contributed by atoms with Crippen molar-refractivity contribution in [2.45, 2.75) is 45.6 Å². The number of benzene rings is 2. The summed E-state index contributed by atoms with van der Waals surface area (Å²) in [4.78, 5) is 25.0. The lowest BCUT2D eigenvalue weighted by atomic mass is 9.87. The van der Waals surface area contributed by atoms with Gasteiger partial charge in [0, 0.05) is 0 Å². The van der Waals surface area contributed by atoms with Crippen LogP contribution in [0.2, 0.25) is 0 Å². The number of alkyl carbamates (subject to hydrolysis) is 1. The number of rotatable bonds is 8. The van der Waals surface area contributed by atoms with E-state index < -0.39 is 23.7 Å². The highest BCUT2D eigenvalue weighted by molar-refractivity contribution is 5.86. The summed E-state index contributed by atoms with van der Waals surface area (Å²) in [7, 11) is 0. The molecule has 2 aromatic rings. The molecule has 0 aromatic heterocycles. The molecule has 2 atom stereocenters. The smallest absolute Gasteiger partial charge is 0.408 e. The maximum atomic E-state index is 12.7. The first-order valence-corrected chi connectivity index (χ1v) is 9.21. The maximum absolute atomic E-state index is 12.7. The van der Waals surface area contributed by atoms with Gasteiger partial charge in [-0.25, -0.2) is 9.59 Å². The number of carbonyl (C=O) groups excluding carboxylic acids is 2. The predicted molar refractivity (Wildman–Crippen MR) is 105 cm³/mol. The molecule has 6 heteroatoms. The van der Waals surface area contributed by atoms with Gasteiger partial charge in [-0.1, -0.05) is 74.5 Å². The third-order valence-corrected chi connectivity index (χ3v) is 4.43. The molecule has 0 saturated heterocycles. The van der Waals surface area contributed by atoms with Crippen molar-refractivity contribution in [3.63, 3.8) is 0 Å². The van der Waals surface area contributed by atoms with Gasteiger partial charge >= 0.3 is 12.1 Å². The summed E-state index contributed by atoms with van der Waals surface area (Å²) in [6.07, 6.45) is -1.96. The van der Waals surface area contributed by atoms with E-state index in [1.165, 1.54) is 6.92 Å². The highest BCUT2D eigenvalue weighted by atomic mass is 16.6. The molecule has 0 radical (unpaired) electrons. The van der Waals surface area contributed by atoms with Crippen LogP contribution in [0.3, 0.4) is 0 Å². The van der Waals surface area contributed by atoms with Crippen LogP contribution in [0, 0.1) is 5.92 Å². The molecule has 0 bridgehead atoms. The Balaban J connectivity index is 2.04. The van der Waals surface area contributed by atoms with Crippen molar-refractivity contribution in [1.29, 1.82) is 0 Å². The Morgan fingerprint density at radius 3 is 1.86 bits per heavy atom. The van der Waals surface area contributed by atoms with E-state index in [4.69, 9.17) is 9.47 Å². The van der Waals surface area contributed by atoms with E-state index in [2.05, 4.69) is 5.32 Å². The number of nitrogens with one attached hydrogen (secondary N) is 1.